The normalized spacial score (nSPS) is 41.4. The Morgan fingerprint density at radius 3 is 1.44 bits per heavy atom. The number of ether oxygens (including phenoxy) is 12. The van der Waals surface area contributed by atoms with Crippen LogP contribution in [0.15, 0.2) is 47.0 Å². The van der Waals surface area contributed by atoms with Gasteiger partial charge in [-0.3, -0.25) is 9.59 Å². The van der Waals surface area contributed by atoms with Crippen LogP contribution in [0.5, 0.6) is 0 Å². The highest BCUT2D eigenvalue weighted by atomic mass is 16.8. The van der Waals surface area contributed by atoms with E-state index in [1.54, 1.807) is 27.7 Å². The highest BCUT2D eigenvalue weighted by molar-refractivity contribution is 5.91. The molecule has 0 amide bonds. The molecule has 6 aliphatic rings. The highest BCUT2D eigenvalue weighted by Crippen LogP contribution is 2.45. The summed E-state index contributed by atoms with van der Waals surface area (Å²) < 4.78 is 67.6. The van der Waals surface area contributed by atoms with Gasteiger partial charge in [0.25, 0.3) is 0 Å². The molecule has 1 unspecified atom stereocenters. The van der Waals surface area contributed by atoms with Crippen LogP contribution in [-0.4, -0.2) is 243 Å². The summed E-state index contributed by atoms with van der Waals surface area (Å²) in [6.45, 7) is 3.89. The summed E-state index contributed by atoms with van der Waals surface area (Å²) >= 11 is 0. The molecule has 5 aliphatic heterocycles. The highest BCUT2D eigenvalue weighted by Gasteiger charge is 2.51. The molecule has 24 atom stereocenters. The van der Waals surface area contributed by atoms with Crippen molar-refractivity contribution in [2.24, 2.45) is 35.5 Å². The topological polar surface area (TPSA) is 422 Å². The van der Waals surface area contributed by atoms with E-state index in [1.165, 1.54) is 12.2 Å². The molecule has 78 heavy (non-hydrogen) atoms. The van der Waals surface area contributed by atoms with Gasteiger partial charge >= 0.3 is 23.9 Å². The molecule has 0 aromatic carbocycles. The van der Waals surface area contributed by atoms with E-state index in [0.29, 0.717) is 0 Å². The molecule has 4 fully saturated rings. The van der Waals surface area contributed by atoms with Crippen LogP contribution in [0.4, 0.5) is 0 Å². The van der Waals surface area contributed by atoms with Crippen LogP contribution in [0.3, 0.4) is 0 Å². The molecule has 442 valence electrons. The number of rotatable bonds is 20. The Hall–Kier alpha value is -4.28. The third kappa shape index (κ3) is 13.7. The summed E-state index contributed by atoms with van der Waals surface area (Å²) in [6, 6.07) is 0. The zero-order valence-corrected chi connectivity index (χ0v) is 43.7. The third-order valence-corrected chi connectivity index (χ3v) is 15.3. The van der Waals surface area contributed by atoms with Gasteiger partial charge in [0.15, 0.2) is 18.9 Å². The summed E-state index contributed by atoms with van der Waals surface area (Å²) in [5.41, 5.74) is 0.0691. The summed E-state index contributed by atoms with van der Waals surface area (Å²) in [5.74, 6) is -7.95. The van der Waals surface area contributed by atoms with E-state index in [2.05, 4.69) is 0 Å². The van der Waals surface area contributed by atoms with Gasteiger partial charge in [-0.1, -0.05) is 26.0 Å². The van der Waals surface area contributed by atoms with Gasteiger partial charge in [0.2, 0.25) is 12.6 Å². The minimum Gasteiger partial charge on any atom is -0.468 e. The molecule has 1 aliphatic carbocycles. The SMILES string of the molecule is C/C=C1\[C@H](O[C@@H]2O[C@H](CO)[C@@H](O)[C@H](O)[C@H]2O)OC=C(C(=O)OC)[C@H]1CC(=O)OC[C@@H]1[C@@H](C)[C@@H](OC(=O)C[C@@H]2C(C(=O)OC)=CO[C@@H](O[C@@H]3O[C@H](CO)[C@@H](O)[C@H](O)[C@H]3O)/C2=C\C)C[C@H]1C(C)CO[C@@H]1O[C@H](CO)[C@@H](O)[C@H](O)[C@H]1O. The molecule has 0 aromatic heterocycles. The standard InChI is InChI=1S/C50H74O28/c1-7-21-24(27(44(65)67-5)17-71-46(21)77-49-42(63)39(60)36(57)31(13-52)75-49)10-33(54)69-16-26-20(4)29(9-23(26)19(3)15-70-48-41(62)38(59)35(56)30(12-51)74-48)73-34(55)11-25-22(8-2)47(72-18-28(25)45(66)68-6)78-50-43(64)40(61)37(58)32(14-53)76-50/h7-8,17-20,23-26,29-32,35-43,46-53,56-64H,9-16H2,1-6H3/b21-7-,22-8-/t19?,20-,23+,24+,25+,26-,29+,30-,31-,32-,35-,36-,37-,38+,39+,40+,41-,42-,43-,46+,47+,48-,49+,50+/m1/s1. The number of aliphatic hydroxyl groups is 12. The van der Waals surface area contributed by atoms with Gasteiger partial charge < -0.3 is 118 Å². The fourth-order valence-corrected chi connectivity index (χ4v) is 10.6. The Morgan fingerprint density at radius 1 is 0.615 bits per heavy atom. The largest absolute Gasteiger partial charge is 0.468 e. The van der Waals surface area contributed by atoms with E-state index in [9.17, 15) is 80.5 Å². The summed E-state index contributed by atoms with van der Waals surface area (Å²) in [4.78, 5) is 54.4. The quantitative estimate of drug-likeness (QED) is 0.0311. The van der Waals surface area contributed by atoms with Gasteiger partial charge in [-0.25, -0.2) is 9.59 Å². The van der Waals surface area contributed by atoms with Crippen LogP contribution in [0.1, 0.15) is 47.0 Å². The Kier molecular flexibility index (Phi) is 22.5. The fourth-order valence-electron chi connectivity index (χ4n) is 10.6. The number of hydrogen-bond acceptors (Lipinski definition) is 28. The fraction of sp³-hybridized carbons (Fsp3) is 0.760. The van der Waals surface area contributed by atoms with Gasteiger partial charge in [-0.2, -0.15) is 0 Å². The zero-order chi connectivity index (χ0) is 57.4. The number of hydrogen-bond donors (Lipinski definition) is 12. The smallest absolute Gasteiger partial charge is 0.337 e. The van der Waals surface area contributed by atoms with Crippen molar-refractivity contribution in [3.05, 3.63) is 47.0 Å². The third-order valence-electron chi connectivity index (χ3n) is 15.3. The zero-order valence-electron chi connectivity index (χ0n) is 43.7. The molecular formula is C50H74O28. The summed E-state index contributed by atoms with van der Waals surface area (Å²) in [6.07, 6.45) is -24.3. The number of carbonyl (C=O) groups is 4. The number of methoxy groups -OCH3 is 2. The number of aliphatic hydroxyl groups excluding tert-OH is 12. The van der Waals surface area contributed by atoms with Gasteiger partial charge in [0.1, 0.15) is 79.4 Å². The molecule has 0 spiro atoms. The molecule has 0 bridgehead atoms. The minimum absolute atomic E-state index is 0.121. The molecule has 12 N–H and O–H groups in total. The number of esters is 4. The van der Waals surface area contributed by atoms with Crippen molar-refractivity contribution in [2.75, 3.05) is 47.3 Å². The van der Waals surface area contributed by atoms with Crippen molar-refractivity contribution in [3.8, 4) is 0 Å². The van der Waals surface area contributed by atoms with Crippen molar-refractivity contribution >= 4 is 23.9 Å². The van der Waals surface area contributed by atoms with Crippen molar-refractivity contribution in [2.45, 2.75) is 158 Å². The molecule has 28 nitrogen and oxygen atoms in total. The first-order chi connectivity index (χ1) is 37.1. The lowest BCUT2D eigenvalue weighted by Crippen LogP contribution is -2.60. The molecule has 28 heteroatoms. The Balaban J connectivity index is 1.20. The first kappa shape index (κ1) is 62.9. The maximum atomic E-state index is 14.2. The predicted octanol–water partition coefficient (Wildman–Crippen LogP) is -4.47. The van der Waals surface area contributed by atoms with Gasteiger partial charge in [-0.15, -0.1) is 0 Å². The van der Waals surface area contributed by atoms with Crippen LogP contribution < -0.4 is 0 Å². The molecule has 5 heterocycles. The van der Waals surface area contributed by atoms with E-state index in [4.69, 9.17) is 56.8 Å². The van der Waals surface area contributed by atoms with Gasteiger partial charge in [-0.05, 0) is 38.0 Å². The van der Waals surface area contributed by atoms with E-state index in [0.717, 1.165) is 26.7 Å². The van der Waals surface area contributed by atoms with E-state index >= 15 is 0 Å². The minimum atomic E-state index is -1.82. The second-order valence-electron chi connectivity index (χ2n) is 20.0. The van der Waals surface area contributed by atoms with Crippen LogP contribution in [0.25, 0.3) is 0 Å². The maximum absolute atomic E-state index is 14.2. The lowest BCUT2D eigenvalue weighted by Gasteiger charge is -2.42. The molecule has 1 saturated carbocycles. The van der Waals surface area contributed by atoms with E-state index in [1.807, 2.05) is 0 Å². The van der Waals surface area contributed by atoms with Crippen LogP contribution in [-0.2, 0) is 76.0 Å². The Bertz CT molecular complexity index is 2160. The van der Waals surface area contributed by atoms with Crippen molar-refractivity contribution in [1.29, 1.82) is 0 Å². The first-order valence-electron chi connectivity index (χ1n) is 25.5. The lowest BCUT2D eigenvalue weighted by atomic mass is 9.83. The van der Waals surface area contributed by atoms with Crippen LogP contribution in [0, 0.1) is 35.5 Å². The average molecular weight is 1120 g/mol. The van der Waals surface area contributed by atoms with Crippen molar-refractivity contribution < 1.29 is 137 Å². The average Bonchev–Trinajstić information content (AvgIpc) is 3.78. The summed E-state index contributed by atoms with van der Waals surface area (Å²) in [7, 11) is 2.21. The molecule has 6 rings (SSSR count). The van der Waals surface area contributed by atoms with Crippen LogP contribution in [0.2, 0.25) is 0 Å². The molecule has 3 saturated heterocycles. The Morgan fingerprint density at radius 2 is 1.03 bits per heavy atom. The second-order valence-corrected chi connectivity index (χ2v) is 20.0. The lowest BCUT2D eigenvalue weighted by molar-refractivity contribution is -0.327. The van der Waals surface area contributed by atoms with E-state index in [-0.39, 0.29) is 41.9 Å². The maximum Gasteiger partial charge on any atom is 0.337 e. The van der Waals surface area contributed by atoms with Gasteiger partial charge in [0, 0.05) is 28.9 Å². The van der Waals surface area contributed by atoms with Crippen molar-refractivity contribution in [1.82, 2.24) is 0 Å². The molecule has 0 aromatic rings. The monoisotopic (exact) mass is 1120 g/mol. The van der Waals surface area contributed by atoms with Crippen LogP contribution >= 0.6 is 0 Å². The second kappa shape index (κ2) is 27.9. The molecule has 0 radical (unpaired) electrons. The Labute approximate surface area is 447 Å². The first-order valence-corrected chi connectivity index (χ1v) is 25.5. The molecular weight excluding hydrogens is 1050 g/mol. The summed E-state index contributed by atoms with van der Waals surface area (Å²) in [5, 5.41) is 123. The predicted molar refractivity (Wildman–Crippen MR) is 254 cm³/mol. The van der Waals surface area contributed by atoms with Gasteiger partial charge in [0.05, 0.1) is 83.8 Å². The number of allylic oxidation sites excluding steroid dienone is 2. The van der Waals surface area contributed by atoms with E-state index < -0.39 is 203 Å². The van der Waals surface area contributed by atoms with Crippen molar-refractivity contribution in [3.63, 3.8) is 0 Å². The number of carbonyl (C=O) groups excluding carboxylic acids is 4.